The highest BCUT2D eigenvalue weighted by Crippen LogP contribution is 2.32. The lowest BCUT2D eigenvalue weighted by atomic mass is 10.1. The van der Waals surface area contributed by atoms with Crippen LogP contribution in [-0.2, 0) is 0 Å². The lowest BCUT2D eigenvalue weighted by molar-refractivity contribution is 0.100. The van der Waals surface area contributed by atoms with Gasteiger partial charge in [0.25, 0.3) is 5.91 Å². The first-order chi connectivity index (χ1) is 9.00. The molecule has 1 amide bonds. The fourth-order valence-corrected chi connectivity index (χ4v) is 2.78. The molecule has 1 unspecified atom stereocenters. The van der Waals surface area contributed by atoms with Gasteiger partial charge in [-0.15, -0.1) is 0 Å². The van der Waals surface area contributed by atoms with Gasteiger partial charge in [0.1, 0.15) is 0 Å². The molecule has 19 heavy (non-hydrogen) atoms. The summed E-state index contributed by atoms with van der Waals surface area (Å²) in [6.07, 6.45) is 2.30. The summed E-state index contributed by atoms with van der Waals surface area (Å²) in [5, 5.41) is 0. The Hall–Kier alpha value is -1.75. The fourth-order valence-electron chi connectivity index (χ4n) is 2.78. The SMILES string of the molecule is CN(C)CC1CCCN1c1cccc(C(N)=O)c1N. The molecule has 1 saturated heterocycles. The zero-order chi connectivity index (χ0) is 14.0. The summed E-state index contributed by atoms with van der Waals surface area (Å²) in [5.74, 6) is -0.470. The van der Waals surface area contributed by atoms with Crippen LogP contribution in [-0.4, -0.2) is 44.0 Å². The summed E-state index contributed by atoms with van der Waals surface area (Å²) in [4.78, 5) is 15.8. The topological polar surface area (TPSA) is 75.6 Å². The van der Waals surface area contributed by atoms with Crippen molar-refractivity contribution in [3.63, 3.8) is 0 Å². The number of nitrogens with two attached hydrogens (primary N) is 2. The number of nitrogens with zero attached hydrogens (tertiary/aromatic N) is 2. The second-order valence-electron chi connectivity index (χ2n) is 5.35. The lowest BCUT2D eigenvalue weighted by Gasteiger charge is -2.30. The highest BCUT2D eigenvalue weighted by molar-refractivity contribution is 6.00. The Morgan fingerprint density at radius 1 is 1.47 bits per heavy atom. The van der Waals surface area contributed by atoms with Crippen LogP contribution in [0.25, 0.3) is 0 Å². The first-order valence-electron chi connectivity index (χ1n) is 6.60. The molecular weight excluding hydrogens is 240 g/mol. The highest BCUT2D eigenvalue weighted by atomic mass is 16.1. The molecule has 0 bridgehead atoms. The fraction of sp³-hybridized carbons (Fsp3) is 0.500. The Labute approximate surface area is 114 Å². The van der Waals surface area contributed by atoms with Gasteiger partial charge in [0.05, 0.1) is 16.9 Å². The van der Waals surface area contributed by atoms with Crippen molar-refractivity contribution < 1.29 is 4.79 Å². The number of primary amides is 1. The van der Waals surface area contributed by atoms with Crippen LogP contribution in [0.2, 0.25) is 0 Å². The van der Waals surface area contributed by atoms with E-state index in [1.54, 1.807) is 6.07 Å². The average Bonchev–Trinajstić information content (AvgIpc) is 2.76. The minimum Gasteiger partial charge on any atom is -0.396 e. The van der Waals surface area contributed by atoms with Crippen molar-refractivity contribution in [3.05, 3.63) is 23.8 Å². The molecule has 0 radical (unpaired) electrons. The third kappa shape index (κ3) is 2.81. The summed E-state index contributed by atoms with van der Waals surface area (Å²) in [6.45, 7) is 1.96. The van der Waals surface area contributed by atoms with E-state index in [9.17, 15) is 4.79 Å². The van der Waals surface area contributed by atoms with Gasteiger partial charge in [-0.1, -0.05) is 6.07 Å². The molecule has 0 spiro atoms. The number of carbonyl (C=O) groups excluding carboxylic acids is 1. The molecule has 0 saturated carbocycles. The molecule has 2 rings (SSSR count). The highest BCUT2D eigenvalue weighted by Gasteiger charge is 2.27. The molecule has 4 N–H and O–H groups in total. The molecule has 5 heteroatoms. The van der Waals surface area contributed by atoms with Crippen LogP contribution in [0.15, 0.2) is 18.2 Å². The number of hydrogen-bond donors (Lipinski definition) is 2. The van der Waals surface area contributed by atoms with Gasteiger partial charge in [-0.3, -0.25) is 4.79 Å². The molecule has 1 aromatic rings. The summed E-state index contributed by atoms with van der Waals surface area (Å²) in [6, 6.07) is 5.94. The van der Waals surface area contributed by atoms with Gasteiger partial charge in [-0.25, -0.2) is 0 Å². The van der Waals surface area contributed by atoms with Gasteiger partial charge in [-0.05, 0) is 39.1 Å². The molecule has 1 fully saturated rings. The van der Waals surface area contributed by atoms with Gasteiger partial charge >= 0.3 is 0 Å². The van der Waals surface area contributed by atoms with Gasteiger partial charge in [0, 0.05) is 19.1 Å². The average molecular weight is 262 g/mol. The first kappa shape index (κ1) is 13.7. The monoisotopic (exact) mass is 262 g/mol. The van der Waals surface area contributed by atoms with Crippen molar-refractivity contribution >= 4 is 17.3 Å². The summed E-state index contributed by atoms with van der Waals surface area (Å²) >= 11 is 0. The quantitative estimate of drug-likeness (QED) is 0.790. The minimum atomic E-state index is -0.470. The van der Waals surface area contributed by atoms with E-state index in [0.717, 1.165) is 31.6 Å². The lowest BCUT2D eigenvalue weighted by Crippen LogP contribution is -2.38. The van der Waals surface area contributed by atoms with Gasteiger partial charge in [-0.2, -0.15) is 0 Å². The zero-order valence-corrected chi connectivity index (χ0v) is 11.6. The Bertz CT molecular complexity index is 473. The Morgan fingerprint density at radius 2 is 2.21 bits per heavy atom. The molecule has 1 heterocycles. The molecule has 0 aromatic heterocycles. The van der Waals surface area contributed by atoms with Crippen LogP contribution in [0.1, 0.15) is 23.2 Å². The minimum absolute atomic E-state index is 0.410. The summed E-state index contributed by atoms with van der Waals surface area (Å²) < 4.78 is 0. The zero-order valence-electron chi connectivity index (χ0n) is 11.6. The molecule has 1 aliphatic heterocycles. The number of anilines is 2. The van der Waals surface area contributed by atoms with E-state index < -0.39 is 5.91 Å². The normalized spacial score (nSPS) is 19.1. The molecule has 1 atom stereocenters. The summed E-state index contributed by atoms with van der Waals surface area (Å²) in [7, 11) is 4.14. The first-order valence-corrected chi connectivity index (χ1v) is 6.60. The maximum absolute atomic E-state index is 11.4. The van der Waals surface area contributed by atoms with Crippen LogP contribution in [0.4, 0.5) is 11.4 Å². The van der Waals surface area contributed by atoms with Crippen molar-refractivity contribution in [1.82, 2.24) is 4.90 Å². The third-order valence-electron chi connectivity index (χ3n) is 3.61. The maximum Gasteiger partial charge on any atom is 0.250 e. The Morgan fingerprint density at radius 3 is 2.84 bits per heavy atom. The number of para-hydroxylation sites is 1. The molecule has 104 valence electrons. The Kier molecular flexibility index (Phi) is 3.95. The van der Waals surface area contributed by atoms with Crippen LogP contribution in [0.5, 0.6) is 0 Å². The molecule has 5 nitrogen and oxygen atoms in total. The summed E-state index contributed by atoms with van der Waals surface area (Å²) in [5.41, 5.74) is 13.3. The number of carbonyl (C=O) groups is 1. The van der Waals surface area contributed by atoms with Crippen LogP contribution >= 0.6 is 0 Å². The third-order valence-corrected chi connectivity index (χ3v) is 3.61. The number of rotatable bonds is 4. The van der Waals surface area contributed by atoms with Crippen molar-refractivity contribution in [2.24, 2.45) is 5.73 Å². The molecule has 1 aliphatic rings. The van der Waals surface area contributed by atoms with E-state index in [2.05, 4.69) is 23.9 Å². The van der Waals surface area contributed by atoms with E-state index in [1.165, 1.54) is 0 Å². The number of nitrogen functional groups attached to an aromatic ring is 1. The predicted molar refractivity (Wildman–Crippen MR) is 78.3 cm³/mol. The van der Waals surface area contributed by atoms with E-state index in [0.29, 0.717) is 17.3 Å². The van der Waals surface area contributed by atoms with Crippen molar-refractivity contribution in [2.45, 2.75) is 18.9 Å². The van der Waals surface area contributed by atoms with E-state index >= 15 is 0 Å². The van der Waals surface area contributed by atoms with E-state index in [-0.39, 0.29) is 0 Å². The van der Waals surface area contributed by atoms with Crippen LogP contribution < -0.4 is 16.4 Å². The molecule has 0 aliphatic carbocycles. The van der Waals surface area contributed by atoms with Crippen molar-refractivity contribution in [2.75, 3.05) is 37.8 Å². The van der Waals surface area contributed by atoms with Crippen LogP contribution in [0.3, 0.4) is 0 Å². The molecule has 1 aromatic carbocycles. The second-order valence-corrected chi connectivity index (χ2v) is 5.35. The van der Waals surface area contributed by atoms with E-state index in [1.807, 2.05) is 12.1 Å². The maximum atomic E-state index is 11.4. The molecular formula is C14H22N4O. The van der Waals surface area contributed by atoms with Crippen LogP contribution in [0, 0.1) is 0 Å². The number of likely N-dealkylation sites (N-methyl/N-ethyl adjacent to an activating group) is 1. The predicted octanol–water partition coefficient (Wildman–Crippen LogP) is 0.898. The van der Waals surface area contributed by atoms with Crippen molar-refractivity contribution in [3.8, 4) is 0 Å². The number of hydrogen-bond acceptors (Lipinski definition) is 4. The standard InChI is InChI=1S/C14H22N4O/c1-17(2)9-10-5-4-8-18(10)12-7-3-6-11(13(12)15)14(16)19/h3,6-7,10H,4-5,8-9,15H2,1-2H3,(H2,16,19). The van der Waals surface area contributed by atoms with Gasteiger partial charge in [0.2, 0.25) is 0 Å². The van der Waals surface area contributed by atoms with E-state index in [4.69, 9.17) is 11.5 Å². The number of amides is 1. The van der Waals surface area contributed by atoms with Gasteiger partial charge in [0.15, 0.2) is 0 Å². The van der Waals surface area contributed by atoms with Gasteiger partial charge < -0.3 is 21.3 Å². The number of benzene rings is 1. The van der Waals surface area contributed by atoms with Crippen molar-refractivity contribution in [1.29, 1.82) is 0 Å². The Balaban J connectivity index is 2.30. The largest absolute Gasteiger partial charge is 0.396 e. The second kappa shape index (κ2) is 5.48. The smallest absolute Gasteiger partial charge is 0.250 e.